The van der Waals surface area contributed by atoms with E-state index in [1.807, 2.05) is 48.6 Å². The zero-order valence-corrected chi connectivity index (χ0v) is 13.4. The fraction of sp³-hybridized carbons (Fsp3) is 0.263. The van der Waals surface area contributed by atoms with E-state index in [2.05, 4.69) is 4.98 Å². The molecule has 2 rings (SSSR count). The second-order valence-corrected chi connectivity index (χ2v) is 5.58. The summed E-state index contributed by atoms with van der Waals surface area (Å²) in [6.45, 7) is 0. The van der Waals surface area contributed by atoms with Gasteiger partial charge in [0.1, 0.15) is 0 Å². The zero-order valence-electron chi connectivity index (χ0n) is 13.4. The Morgan fingerprint density at radius 2 is 1.67 bits per heavy atom. The predicted molar refractivity (Wildman–Crippen MR) is 93.0 cm³/mol. The summed E-state index contributed by atoms with van der Waals surface area (Å²) in [5.41, 5.74) is 4.61. The number of benzene rings is 1. The molecule has 5 heteroatoms. The van der Waals surface area contributed by atoms with Crippen molar-refractivity contribution in [2.75, 3.05) is 0 Å². The summed E-state index contributed by atoms with van der Waals surface area (Å²) in [5.74, 6) is -0.394. The van der Waals surface area contributed by atoms with Gasteiger partial charge in [-0.3, -0.25) is 15.0 Å². The molecule has 0 aliphatic heterocycles. The average molecular weight is 326 g/mol. The molecule has 3 N–H and O–H groups in total. The maximum absolute atomic E-state index is 10.9. The zero-order chi connectivity index (χ0) is 17.2. The molecule has 0 fully saturated rings. The van der Waals surface area contributed by atoms with Crippen LogP contribution in [-0.4, -0.2) is 21.2 Å². The second kappa shape index (κ2) is 9.60. The van der Waals surface area contributed by atoms with Gasteiger partial charge in [0, 0.05) is 18.8 Å². The highest BCUT2D eigenvalue weighted by molar-refractivity contribution is 5.74. The Morgan fingerprint density at radius 3 is 2.29 bits per heavy atom. The van der Waals surface area contributed by atoms with Gasteiger partial charge in [-0.05, 0) is 41.7 Å². The van der Waals surface area contributed by atoms with E-state index >= 15 is 0 Å². The van der Waals surface area contributed by atoms with Gasteiger partial charge in [0.25, 0.3) is 0 Å². The molecule has 1 heterocycles. The number of hydroxylamine groups is 1. The summed E-state index contributed by atoms with van der Waals surface area (Å²) in [4.78, 5) is 14.9. The van der Waals surface area contributed by atoms with Gasteiger partial charge in [-0.15, -0.1) is 0 Å². The normalized spacial score (nSPS) is 12.2. The molecule has 0 bridgehead atoms. The van der Waals surface area contributed by atoms with Crippen LogP contribution in [0.5, 0.6) is 0 Å². The van der Waals surface area contributed by atoms with Gasteiger partial charge >= 0.3 is 0 Å². The van der Waals surface area contributed by atoms with E-state index in [1.165, 1.54) is 0 Å². The Hall–Kier alpha value is -2.50. The van der Waals surface area contributed by atoms with Gasteiger partial charge in [-0.1, -0.05) is 42.8 Å². The molecule has 1 aromatic carbocycles. The molecule has 0 radical (unpaired) electrons. The first-order valence-electron chi connectivity index (χ1n) is 7.98. The summed E-state index contributed by atoms with van der Waals surface area (Å²) < 4.78 is 0. The molecule has 0 aliphatic carbocycles. The van der Waals surface area contributed by atoms with E-state index in [1.54, 1.807) is 17.9 Å². The minimum absolute atomic E-state index is 0.266. The highest BCUT2D eigenvalue weighted by atomic mass is 16.5. The summed E-state index contributed by atoms with van der Waals surface area (Å²) >= 11 is 0. The molecule has 1 atom stereocenters. The van der Waals surface area contributed by atoms with E-state index in [0.717, 1.165) is 23.1 Å². The Kier molecular flexibility index (Phi) is 7.14. The lowest BCUT2D eigenvalue weighted by atomic mass is 10.0. The number of aliphatic hydroxyl groups is 1. The fourth-order valence-electron chi connectivity index (χ4n) is 2.34. The van der Waals surface area contributed by atoms with Crippen LogP contribution in [0.1, 0.15) is 48.5 Å². The molecule has 5 nitrogen and oxygen atoms in total. The predicted octanol–water partition coefficient (Wildman–Crippen LogP) is 3.35. The topological polar surface area (TPSA) is 82.5 Å². The second-order valence-electron chi connectivity index (χ2n) is 5.58. The van der Waals surface area contributed by atoms with Gasteiger partial charge in [0.15, 0.2) is 0 Å². The van der Waals surface area contributed by atoms with Gasteiger partial charge in [0.05, 0.1) is 6.10 Å². The van der Waals surface area contributed by atoms with Crippen LogP contribution in [0.15, 0.2) is 48.8 Å². The molecule has 0 aliphatic rings. The molecule has 24 heavy (non-hydrogen) atoms. The smallest absolute Gasteiger partial charge is 0.243 e. The van der Waals surface area contributed by atoms with Crippen molar-refractivity contribution in [1.29, 1.82) is 0 Å². The Labute approximate surface area is 141 Å². The van der Waals surface area contributed by atoms with Crippen LogP contribution in [-0.2, 0) is 4.79 Å². The number of hydrogen-bond acceptors (Lipinski definition) is 4. The summed E-state index contributed by atoms with van der Waals surface area (Å²) in [6, 6.07) is 11.6. The molecule has 1 unspecified atom stereocenters. The van der Waals surface area contributed by atoms with Crippen molar-refractivity contribution >= 4 is 18.1 Å². The van der Waals surface area contributed by atoms with Crippen LogP contribution in [0.2, 0.25) is 0 Å². The number of aliphatic hydroxyl groups excluding tert-OH is 1. The number of pyridine rings is 1. The van der Waals surface area contributed by atoms with E-state index in [0.29, 0.717) is 12.8 Å². The van der Waals surface area contributed by atoms with Crippen molar-refractivity contribution in [3.05, 3.63) is 65.5 Å². The number of aromatic nitrogens is 1. The van der Waals surface area contributed by atoms with E-state index < -0.39 is 12.0 Å². The van der Waals surface area contributed by atoms with Crippen molar-refractivity contribution in [2.24, 2.45) is 0 Å². The summed E-state index contributed by atoms with van der Waals surface area (Å²) in [6.07, 6.45) is 9.20. The number of unbranched alkanes of at least 4 members (excludes halogenated alkanes) is 1. The monoisotopic (exact) mass is 326 g/mol. The van der Waals surface area contributed by atoms with Crippen molar-refractivity contribution in [3.8, 4) is 0 Å². The van der Waals surface area contributed by atoms with Crippen molar-refractivity contribution < 1.29 is 15.1 Å². The van der Waals surface area contributed by atoms with E-state index in [-0.39, 0.29) is 6.42 Å². The Balaban J connectivity index is 1.82. The van der Waals surface area contributed by atoms with Crippen molar-refractivity contribution in [1.82, 2.24) is 10.5 Å². The molecule has 0 saturated carbocycles. The maximum Gasteiger partial charge on any atom is 0.243 e. The van der Waals surface area contributed by atoms with Gasteiger partial charge < -0.3 is 5.11 Å². The van der Waals surface area contributed by atoms with Crippen molar-refractivity contribution in [3.63, 3.8) is 0 Å². The molecule has 2 aromatic rings. The lowest BCUT2D eigenvalue weighted by Gasteiger charge is -2.11. The Morgan fingerprint density at radius 1 is 1.04 bits per heavy atom. The van der Waals surface area contributed by atoms with E-state index in [9.17, 15) is 9.90 Å². The number of carbonyl (C=O) groups is 1. The maximum atomic E-state index is 10.9. The number of carbonyl (C=O) groups excluding carboxylic acids is 1. The first-order chi connectivity index (χ1) is 11.7. The number of nitrogens with one attached hydrogen (secondary N) is 1. The molecule has 0 saturated heterocycles. The van der Waals surface area contributed by atoms with Crippen LogP contribution < -0.4 is 5.48 Å². The fourth-order valence-corrected chi connectivity index (χ4v) is 2.34. The van der Waals surface area contributed by atoms with Crippen LogP contribution in [0.4, 0.5) is 0 Å². The van der Waals surface area contributed by atoms with Crippen LogP contribution in [0.3, 0.4) is 0 Å². The molecule has 126 valence electrons. The number of nitrogens with zero attached hydrogens (tertiary/aromatic N) is 1. The largest absolute Gasteiger partial charge is 0.388 e. The van der Waals surface area contributed by atoms with Crippen LogP contribution >= 0.6 is 0 Å². The minimum Gasteiger partial charge on any atom is -0.388 e. The highest BCUT2D eigenvalue weighted by Gasteiger charge is 2.07. The minimum atomic E-state index is -0.541. The van der Waals surface area contributed by atoms with Crippen molar-refractivity contribution in [2.45, 2.75) is 31.8 Å². The number of amides is 1. The quantitative estimate of drug-likeness (QED) is 0.395. The summed E-state index contributed by atoms with van der Waals surface area (Å²) in [5, 5.41) is 18.6. The van der Waals surface area contributed by atoms with Crippen LogP contribution in [0, 0.1) is 0 Å². The van der Waals surface area contributed by atoms with Crippen LogP contribution in [0.25, 0.3) is 12.2 Å². The Bertz CT molecular complexity index is 654. The third-order valence-corrected chi connectivity index (χ3v) is 3.75. The lowest BCUT2D eigenvalue weighted by molar-refractivity contribution is -0.129. The number of hydrogen-bond donors (Lipinski definition) is 3. The first kappa shape index (κ1) is 17.8. The third kappa shape index (κ3) is 5.95. The highest BCUT2D eigenvalue weighted by Crippen LogP contribution is 2.20. The lowest BCUT2D eigenvalue weighted by Crippen LogP contribution is -2.17. The first-order valence-corrected chi connectivity index (χ1v) is 7.98. The average Bonchev–Trinajstić information content (AvgIpc) is 2.64. The standard InChI is InChI=1S/C19H22N2O3/c22-18(3-1-2-4-19(23)21-24)17-9-7-15(8-10-17)5-6-16-11-13-20-14-12-16/h5-14,18,22,24H,1-4H2,(H,21,23). The molecular formula is C19H22N2O3. The third-order valence-electron chi connectivity index (χ3n) is 3.75. The molecule has 1 amide bonds. The summed E-state index contributed by atoms with van der Waals surface area (Å²) in [7, 11) is 0. The SMILES string of the molecule is O=C(CCCCC(O)c1ccc(C=Cc2ccncc2)cc1)NO. The van der Waals surface area contributed by atoms with E-state index in [4.69, 9.17) is 5.21 Å². The molecule has 1 aromatic heterocycles. The van der Waals surface area contributed by atoms with Gasteiger partial charge in [-0.25, -0.2) is 5.48 Å². The molecule has 0 spiro atoms. The van der Waals surface area contributed by atoms with Gasteiger partial charge in [-0.2, -0.15) is 0 Å². The molecular weight excluding hydrogens is 304 g/mol. The number of rotatable bonds is 8. The van der Waals surface area contributed by atoms with Gasteiger partial charge in [0.2, 0.25) is 5.91 Å².